The summed E-state index contributed by atoms with van der Waals surface area (Å²) in [7, 11) is 0. The number of imidazole rings is 1. The Hall–Kier alpha value is -3.39. The van der Waals surface area contributed by atoms with Crippen molar-refractivity contribution in [2.24, 2.45) is 0 Å². The minimum absolute atomic E-state index is 0.0809. The lowest BCUT2D eigenvalue weighted by Crippen LogP contribution is -2.33. The first kappa shape index (κ1) is 18.9. The normalized spacial score (nSPS) is 24.1. The molecule has 0 unspecified atom stereocenters. The van der Waals surface area contributed by atoms with Crippen LogP contribution >= 0.6 is 0 Å². The number of aromatic amines is 1. The van der Waals surface area contributed by atoms with Gasteiger partial charge in [-0.3, -0.25) is 29.4 Å². The summed E-state index contributed by atoms with van der Waals surface area (Å²) in [6.45, 7) is -0.561. The van der Waals surface area contributed by atoms with Crippen molar-refractivity contribution >= 4 is 29.0 Å². The van der Waals surface area contributed by atoms with Crippen molar-refractivity contribution in [2.75, 3.05) is 17.7 Å². The van der Waals surface area contributed by atoms with E-state index in [9.17, 15) is 24.9 Å². The molecule has 29 heavy (non-hydrogen) atoms. The third-order valence-corrected chi connectivity index (χ3v) is 4.49. The summed E-state index contributed by atoms with van der Waals surface area (Å²) < 4.78 is 6.65. The number of amides is 1. The molecule has 13 nitrogen and oxygen atoms in total. The standard InChI is InChI=1S/C16H17N7O6/c17-15-20-11-8(13(28)21-15)19-16(22-12(27)6-2-1-3-18-4-6)23(11)14-10(26)9(25)7(5-24)29-14/h1-4,7,9-10,14,24-26H,5H2,(H,19,22,27)(H3,17,20,21,28)/t7-,9-,10-,14-/m1/s1. The van der Waals surface area contributed by atoms with Crippen molar-refractivity contribution in [3.8, 4) is 0 Å². The largest absolute Gasteiger partial charge is 0.394 e. The van der Waals surface area contributed by atoms with E-state index in [-0.39, 0.29) is 28.6 Å². The summed E-state index contributed by atoms with van der Waals surface area (Å²) in [5.41, 5.74) is 4.91. The maximum Gasteiger partial charge on any atom is 0.280 e. The average molecular weight is 403 g/mol. The van der Waals surface area contributed by atoms with E-state index in [1.807, 2.05) is 0 Å². The molecule has 3 aromatic heterocycles. The van der Waals surface area contributed by atoms with E-state index < -0.39 is 42.6 Å². The van der Waals surface area contributed by atoms with Crippen molar-refractivity contribution in [3.63, 3.8) is 0 Å². The first-order valence-corrected chi connectivity index (χ1v) is 8.52. The van der Waals surface area contributed by atoms with E-state index in [4.69, 9.17) is 10.5 Å². The minimum Gasteiger partial charge on any atom is -0.394 e. The van der Waals surface area contributed by atoms with Gasteiger partial charge in [-0.15, -0.1) is 0 Å². The fourth-order valence-corrected chi connectivity index (χ4v) is 3.09. The third kappa shape index (κ3) is 3.21. The SMILES string of the molecule is Nc1nc2c(nc(NC(=O)c3cccnc3)n2[C@@H]2O[C@H](CO)[C@@H](O)[C@H]2O)c(=O)[nH]1. The quantitative estimate of drug-likeness (QED) is 0.282. The number of fused-ring (bicyclic) bond motifs is 1. The highest BCUT2D eigenvalue weighted by atomic mass is 16.6. The number of carbonyl (C=O) groups excluding carboxylic acids is 1. The molecule has 3 aromatic rings. The predicted molar refractivity (Wildman–Crippen MR) is 97.8 cm³/mol. The number of aromatic nitrogens is 5. The summed E-state index contributed by atoms with van der Waals surface area (Å²) in [4.78, 5) is 39.0. The number of nitrogens with zero attached hydrogens (tertiary/aromatic N) is 4. The van der Waals surface area contributed by atoms with Gasteiger partial charge in [-0.2, -0.15) is 4.98 Å². The number of ether oxygens (including phenoxy) is 1. The lowest BCUT2D eigenvalue weighted by Gasteiger charge is -2.19. The van der Waals surface area contributed by atoms with Gasteiger partial charge in [0.25, 0.3) is 11.5 Å². The number of nitrogens with two attached hydrogens (primary N) is 1. The lowest BCUT2D eigenvalue weighted by atomic mass is 10.1. The molecule has 1 saturated heterocycles. The van der Waals surface area contributed by atoms with Crippen molar-refractivity contribution in [3.05, 3.63) is 40.4 Å². The maximum atomic E-state index is 12.5. The number of aliphatic hydroxyl groups excluding tert-OH is 3. The number of aliphatic hydroxyl groups is 3. The fourth-order valence-electron chi connectivity index (χ4n) is 3.09. The van der Waals surface area contributed by atoms with Crippen LogP contribution in [0, 0.1) is 0 Å². The van der Waals surface area contributed by atoms with Gasteiger partial charge in [-0.05, 0) is 12.1 Å². The first-order chi connectivity index (χ1) is 13.9. The van der Waals surface area contributed by atoms with Crippen LogP contribution < -0.4 is 16.6 Å². The number of nitrogens with one attached hydrogen (secondary N) is 2. The minimum atomic E-state index is -1.50. The van der Waals surface area contributed by atoms with Crippen molar-refractivity contribution in [1.29, 1.82) is 0 Å². The number of hydrogen-bond donors (Lipinski definition) is 6. The van der Waals surface area contributed by atoms with E-state index in [1.54, 1.807) is 6.07 Å². The van der Waals surface area contributed by atoms with Crippen molar-refractivity contribution in [2.45, 2.75) is 24.5 Å². The Bertz CT molecular complexity index is 1110. The number of carbonyl (C=O) groups is 1. The smallest absolute Gasteiger partial charge is 0.280 e. The van der Waals surface area contributed by atoms with Gasteiger partial charge in [0.2, 0.25) is 11.9 Å². The van der Waals surface area contributed by atoms with E-state index >= 15 is 0 Å². The van der Waals surface area contributed by atoms with Crippen LogP contribution in [0.4, 0.5) is 11.9 Å². The molecule has 1 amide bonds. The number of rotatable bonds is 4. The Morgan fingerprint density at radius 1 is 1.34 bits per heavy atom. The lowest BCUT2D eigenvalue weighted by molar-refractivity contribution is -0.0501. The Labute approximate surface area is 161 Å². The van der Waals surface area contributed by atoms with Crippen LogP contribution in [0.2, 0.25) is 0 Å². The van der Waals surface area contributed by atoms with Crippen LogP contribution in [-0.4, -0.2) is 70.6 Å². The van der Waals surface area contributed by atoms with Crippen LogP contribution in [0.25, 0.3) is 11.2 Å². The van der Waals surface area contributed by atoms with Crippen LogP contribution in [0.5, 0.6) is 0 Å². The van der Waals surface area contributed by atoms with Crippen molar-refractivity contribution < 1.29 is 24.9 Å². The second-order valence-corrected chi connectivity index (χ2v) is 6.35. The molecule has 152 valence electrons. The molecule has 4 rings (SSSR count). The molecule has 1 aliphatic rings. The summed E-state index contributed by atoms with van der Waals surface area (Å²) in [5.74, 6) is -0.987. The topological polar surface area (TPSA) is 201 Å². The van der Waals surface area contributed by atoms with Gasteiger partial charge in [0, 0.05) is 12.4 Å². The van der Waals surface area contributed by atoms with E-state index in [2.05, 4.69) is 25.3 Å². The molecule has 0 spiro atoms. The number of nitrogen functional groups attached to an aromatic ring is 1. The molecular weight excluding hydrogens is 386 g/mol. The Kier molecular flexibility index (Phi) is 4.71. The molecule has 4 atom stereocenters. The van der Waals surface area contributed by atoms with Gasteiger partial charge < -0.3 is 25.8 Å². The zero-order valence-corrected chi connectivity index (χ0v) is 14.8. The second-order valence-electron chi connectivity index (χ2n) is 6.35. The van der Waals surface area contributed by atoms with Gasteiger partial charge in [0.1, 0.15) is 18.3 Å². The van der Waals surface area contributed by atoms with E-state index in [0.717, 1.165) is 4.57 Å². The Balaban J connectivity index is 1.84. The van der Waals surface area contributed by atoms with Gasteiger partial charge >= 0.3 is 0 Å². The highest BCUT2D eigenvalue weighted by Crippen LogP contribution is 2.34. The molecule has 7 N–H and O–H groups in total. The second kappa shape index (κ2) is 7.21. The predicted octanol–water partition coefficient (Wildman–Crippen LogP) is -2.04. The first-order valence-electron chi connectivity index (χ1n) is 8.52. The monoisotopic (exact) mass is 403 g/mol. The summed E-state index contributed by atoms with van der Waals surface area (Å²) in [6, 6.07) is 3.09. The van der Waals surface area contributed by atoms with E-state index in [1.165, 1.54) is 18.5 Å². The van der Waals surface area contributed by atoms with Gasteiger partial charge in [-0.1, -0.05) is 0 Å². The molecule has 0 saturated carbocycles. The number of H-pyrrole nitrogens is 1. The number of hydrogen-bond acceptors (Lipinski definition) is 10. The van der Waals surface area contributed by atoms with Gasteiger partial charge in [0.05, 0.1) is 12.2 Å². The Morgan fingerprint density at radius 3 is 2.79 bits per heavy atom. The zero-order chi connectivity index (χ0) is 20.7. The van der Waals surface area contributed by atoms with Crippen LogP contribution in [0.3, 0.4) is 0 Å². The Morgan fingerprint density at radius 2 is 2.14 bits per heavy atom. The molecule has 13 heteroatoms. The number of pyridine rings is 1. The summed E-state index contributed by atoms with van der Waals surface area (Å²) >= 11 is 0. The average Bonchev–Trinajstić information content (AvgIpc) is 3.20. The van der Waals surface area contributed by atoms with Crippen molar-refractivity contribution in [1.82, 2.24) is 24.5 Å². The molecule has 1 fully saturated rings. The zero-order valence-electron chi connectivity index (χ0n) is 14.8. The van der Waals surface area contributed by atoms with E-state index in [0.29, 0.717) is 0 Å². The van der Waals surface area contributed by atoms with Gasteiger partial charge in [-0.25, -0.2) is 4.98 Å². The summed E-state index contributed by atoms with van der Waals surface area (Å²) in [6.07, 6.45) is -2.47. The summed E-state index contributed by atoms with van der Waals surface area (Å²) in [5, 5.41) is 32.3. The molecule has 0 aliphatic carbocycles. The van der Waals surface area contributed by atoms with Crippen LogP contribution in [-0.2, 0) is 4.74 Å². The maximum absolute atomic E-state index is 12.5. The molecular formula is C16H17N7O6. The molecule has 0 aromatic carbocycles. The molecule has 1 aliphatic heterocycles. The van der Waals surface area contributed by atoms with Crippen LogP contribution in [0.15, 0.2) is 29.3 Å². The molecule has 0 bridgehead atoms. The van der Waals surface area contributed by atoms with Gasteiger partial charge in [0.15, 0.2) is 17.4 Å². The highest BCUT2D eigenvalue weighted by Gasteiger charge is 2.45. The molecule has 0 radical (unpaired) electrons. The number of anilines is 2. The molecule has 4 heterocycles. The highest BCUT2D eigenvalue weighted by molar-refractivity contribution is 6.03. The fraction of sp³-hybridized carbons (Fsp3) is 0.312. The third-order valence-electron chi connectivity index (χ3n) is 4.49. The van der Waals surface area contributed by atoms with Crippen LogP contribution in [0.1, 0.15) is 16.6 Å².